The minimum absolute atomic E-state index is 0.0101. The first kappa shape index (κ1) is 48.8. The van der Waals surface area contributed by atoms with Crippen molar-refractivity contribution >= 4 is 62.9 Å². The second kappa shape index (κ2) is 16.3. The maximum Gasteiger partial charge on any atom is 0.0502 e. The molecule has 0 saturated carbocycles. The third kappa shape index (κ3) is 7.53. The molecule has 11 rings (SSSR count). The molecule has 0 spiro atoms. The quantitative estimate of drug-likeness (QED) is 0.162. The first-order chi connectivity index (χ1) is 34.2. The molecule has 3 aliphatic rings. The standard InChI is InChI=1S/C70H76N2Si/c1-65(2,3)45-27-33-59-55(39-45)69(13,14)56-40-46(66(4,5)6)28-34-60(56)71(59)49-31-37-63-53(43-49)54-44-50(32-38-64(54)73(63,51-23-19-17-20-24-51)52-25-21-18-22-26-52)72-61-35-29-47(67(7,8)9)41-57(61)70(15,16)58-42-48(68(10,11)12)30-36-62(58)72/h17-44H,1-16H3/q-1. The molecule has 2 nitrogen and oxygen atoms in total. The van der Waals surface area contributed by atoms with E-state index in [1.54, 1.807) is 0 Å². The van der Waals surface area contributed by atoms with E-state index in [9.17, 15) is 0 Å². The fourth-order valence-electron chi connectivity index (χ4n) is 12.7. The van der Waals surface area contributed by atoms with Crippen molar-refractivity contribution in [3.8, 4) is 11.1 Å². The van der Waals surface area contributed by atoms with Crippen LogP contribution in [-0.2, 0) is 32.5 Å². The first-order valence-electron chi connectivity index (χ1n) is 26.8. The highest BCUT2D eigenvalue weighted by atomic mass is 28.3. The van der Waals surface area contributed by atoms with Gasteiger partial charge in [-0.2, -0.15) is 20.7 Å². The van der Waals surface area contributed by atoms with Gasteiger partial charge in [-0.1, -0.05) is 232 Å². The predicted octanol–water partition coefficient (Wildman–Crippen LogP) is 16.5. The molecule has 3 heteroatoms. The maximum atomic E-state index is 2.59. The van der Waals surface area contributed by atoms with Crippen LogP contribution >= 0.6 is 0 Å². The van der Waals surface area contributed by atoms with Crippen LogP contribution in [0.1, 0.15) is 155 Å². The smallest absolute Gasteiger partial charge is 0.0502 e. The minimum atomic E-state index is -2.85. The summed E-state index contributed by atoms with van der Waals surface area (Å²) >= 11 is 0. The van der Waals surface area contributed by atoms with E-state index in [4.69, 9.17) is 0 Å². The summed E-state index contributed by atoms with van der Waals surface area (Å²) in [5.41, 5.74) is 20.6. The van der Waals surface area contributed by atoms with Gasteiger partial charge in [-0.15, -0.1) is 0 Å². The lowest BCUT2D eigenvalue weighted by Gasteiger charge is -2.45. The van der Waals surface area contributed by atoms with Gasteiger partial charge in [-0.25, -0.2) is 0 Å². The third-order valence-corrected chi connectivity index (χ3v) is 22.0. The van der Waals surface area contributed by atoms with Gasteiger partial charge in [0.15, 0.2) is 0 Å². The summed E-state index contributed by atoms with van der Waals surface area (Å²) in [6.45, 7) is 37.8. The van der Waals surface area contributed by atoms with Crippen molar-refractivity contribution in [1.29, 1.82) is 0 Å². The van der Waals surface area contributed by atoms with Gasteiger partial charge in [0.2, 0.25) is 0 Å². The number of benzene rings is 8. The van der Waals surface area contributed by atoms with Crippen molar-refractivity contribution in [2.24, 2.45) is 0 Å². The van der Waals surface area contributed by atoms with E-state index in [-0.39, 0.29) is 32.5 Å². The molecule has 8 aromatic carbocycles. The zero-order chi connectivity index (χ0) is 52.0. The maximum absolute atomic E-state index is 2.85. The molecule has 0 bridgehead atoms. The highest BCUT2D eigenvalue weighted by Gasteiger charge is 2.43. The van der Waals surface area contributed by atoms with Gasteiger partial charge in [0, 0.05) is 22.2 Å². The number of fused-ring (bicyclic) bond motifs is 7. The average Bonchev–Trinajstić information content (AvgIpc) is 3.63. The van der Waals surface area contributed by atoms with Crippen LogP contribution in [0.5, 0.6) is 0 Å². The van der Waals surface area contributed by atoms with Crippen molar-refractivity contribution in [2.75, 3.05) is 9.80 Å². The molecule has 371 valence electrons. The Kier molecular flexibility index (Phi) is 10.9. The number of anilines is 6. The van der Waals surface area contributed by atoms with E-state index < -0.39 is 8.07 Å². The summed E-state index contributed by atoms with van der Waals surface area (Å²) < 4.78 is 0. The Labute approximate surface area is 439 Å². The zero-order valence-electron chi connectivity index (χ0n) is 46.6. The highest BCUT2D eigenvalue weighted by molar-refractivity contribution is 7.22. The van der Waals surface area contributed by atoms with Crippen LogP contribution in [0.2, 0.25) is 0 Å². The van der Waals surface area contributed by atoms with E-state index in [0.717, 1.165) is 0 Å². The average molecular weight is 973 g/mol. The van der Waals surface area contributed by atoms with E-state index in [1.165, 1.54) is 111 Å². The van der Waals surface area contributed by atoms with Crippen molar-refractivity contribution in [3.63, 3.8) is 0 Å². The van der Waals surface area contributed by atoms with Crippen LogP contribution in [0.4, 0.5) is 34.1 Å². The van der Waals surface area contributed by atoms with Gasteiger partial charge in [-0.3, -0.25) is 0 Å². The Bertz CT molecular complexity index is 3120. The fourth-order valence-corrected chi connectivity index (χ4v) is 17.8. The minimum Gasteiger partial charge on any atom is -0.310 e. The van der Waals surface area contributed by atoms with Gasteiger partial charge < -0.3 is 9.80 Å². The van der Waals surface area contributed by atoms with Crippen molar-refractivity contribution in [1.82, 2.24) is 0 Å². The lowest BCUT2D eigenvalue weighted by atomic mass is 9.70. The van der Waals surface area contributed by atoms with Crippen LogP contribution in [-0.4, -0.2) is 8.07 Å². The Balaban J connectivity index is 1.20. The lowest BCUT2D eigenvalue weighted by Crippen LogP contribution is -2.72. The molecule has 0 radical (unpaired) electrons. The molecule has 0 aliphatic carbocycles. The summed E-state index contributed by atoms with van der Waals surface area (Å²) in [6.07, 6.45) is 0. The van der Waals surface area contributed by atoms with Crippen LogP contribution < -0.4 is 30.5 Å². The van der Waals surface area contributed by atoms with Crippen molar-refractivity contribution in [2.45, 2.75) is 143 Å². The number of rotatable bonds is 4. The number of hydrogen-bond donors (Lipinski definition) is 0. The van der Waals surface area contributed by atoms with Crippen molar-refractivity contribution < 1.29 is 0 Å². The first-order valence-corrected chi connectivity index (χ1v) is 28.8. The monoisotopic (exact) mass is 973 g/mol. The van der Waals surface area contributed by atoms with Gasteiger partial charge in [0.1, 0.15) is 0 Å². The number of nitrogens with zero attached hydrogens (tertiary/aromatic N) is 2. The summed E-state index contributed by atoms with van der Waals surface area (Å²) in [7, 11) is -2.85. The van der Waals surface area contributed by atoms with Gasteiger partial charge in [0.25, 0.3) is 0 Å². The van der Waals surface area contributed by atoms with E-state index >= 15 is 0 Å². The summed E-state index contributed by atoms with van der Waals surface area (Å²) in [5, 5.41) is 5.69. The van der Waals surface area contributed by atoms with Crippen LogP contribution in [0.15, 0.2) is 170 Å². The third-order valence-electron chi connectivity index (χ3n) is 17.1. The molecule has 3 heterocycles. The molecule has 8 aromatic rings. The highest BCUT2D eigenvalue weighted by Crippen LogP contribution is 2.56. The zero-order valence-corrected chi connectivity index (χ0v) is 47.6. The molecular weight excluding hydrogens is 897 g/mol. The second-order valence-electron chi connectivity index (χ2n) is 26.8. The summed E-state index contributed by atoms with van der Waals surface area (Å²) in [4.78, 5) is 5.17. The molecule has 0 fully saturated rings. The normalized spacial score (nSPS) is 16.2. The van der Waals surface area contributed by atoms with Crippen LogP contribution in [0.25, 0.3) is 11.1 Å². The largest absolute Gasteiger partial charge is 0.310 e. The summed E-state index contributed by atoms with van der Waals surface area (Å²) in [5.74, 6) is 0. The molecule has 3 aliphatic heterocycles. The molecule has 0 unspecified atom stereocenters. The predicted molar refractivity (Wildman–Crippen MR) is 317 cm³/mol. The Morgan fingerprint density at radius 2 is 0.589 bits per heavy atom. The Morgan fingerprint density at radius 1 is 0.315 bits per heavy atom. The van der Waals surface area contributed by atoms with Gasteiger partial charge >= 0.3 is 0 Å². The van der Waals surface area contributed by atoms with Gasteiger partial charge in [-0.05, 0) is 134 Å². The molecule has 73 heavy (non-hydrogen) atoms. The fraction of sp³-hybridized carbons (Fsp3) is 0.314. The van der Waals surface area contributed by atoms with Crippen LogP contribution in [0, 0.1) is 0 Å². The SMILES string of the molecule is CC(C)(C)c1ccc2c(c1)C(C)(C)c1cc(C(C)(C)C)ccc1N2c1ccc2c(c1)-c1cc(N3c4ccc(C(C)(C)C)cc4C(C)(C)c4cc(C(C)(C)C)ccc43)ccc1[Si-]2(c1ccccc1)c1ccccc1. The van der Waals surface area contributed by atoms with Crippen LogP contribution in [0.3, 0.4) is 0 Å². The topological polar surface area (TPSA) is 6.48 Å². The molecule has 0 N–H and O–H groups in total. The molecular formula is C70H76N2Si-. The molecule has 0 atom stereocenters. The Morgan fingerprint density at radius 3 is 0.849 bits per heavy atom. The Hall–Kier alpha value is -6.42. The van der Waals surface area contributed by atoms with Gasteiger partial charge in [0.05, 0.1) is 22.7 Å². The molecule has 0 amide bonds. The van der Waals surface area contributed by atoms with E-state index in [2.05, 4.69) is 290 Å². The van der Waals surface area contributed by atoms with E-state index in [0.29, 0.717) is 0 Å². The second-order valence-corrected chi connectivity index (χ2v) is 30.5. The van der Waals surface area contributed by atoms with Crippen molar-refractivity contribution in [3.05, 3.63) is 214 Å². The summed E-state index contributed by atoms with van der Waals surface area (Å²) in [6, 6.07) is 67.2. The molecule has 0 saturated heterocycles. The molecule has 0 aromatic heterocycles. The lowest BCUT2D eigenvalue weighted by molar-refractivity contribution is 0.572. The van der Waals surface area contributed by atoms with E-state index in [1.807, 2.05) is 0 Å². The number of hydrogen-bond acceptors (Lipinski definition) is 2.